The van der Waals surface area contributed by atoms with Gasteiger partial charge in [0.05, 0.1) is 0 Å². The van der Waals surface area contributed by atoms with Crippen LogP contribution in [0.4, 0.5) is 4.79 Å². The van der Waals surface area contributed by atoms with Crippen LogP contribution in [0.3, 0.4) is 0 Å². The van der Waals surface area contributed by atoms with Crippen LogP contribution in [0.5, 0.6) is 0 Å². The molecule has 1 spiro atoms. The van der Waals surface area contributed by atoms with E-state index >= 15 is 0 Å². The lowest BCUT2D eigenvalue weighted by Gasteiger charge is -2.41. The van der Waals surface area contributed by atoms with Crippen LogP contribution < -0.4 is 10.6 Å². The van der Waals surface area contributed by atoms with E-state index in [4.69, 9.17) is 0 Å². The van der Waals surface area contributed by atoms with Crippen molar-refractivity contribution in [3.05, 3.63) is 12.2 Å². The molecule has 1 aliphatic carbocycles. The summed E-state index contributed by atoms with van der Waals surface area (Å²) in [4.78, 5) is 35.2. The van der Waals surface area contributed by atoms with Gasteiger partial charge in [-0.2, -0.15) is 0 Å². The maximum absolute atomic E-state index is 12.1. The van der Waals surface area contributed by atoms with Crippen LogP contribution in [0.1, 0.15) is 32.6 Å². The Kier molecular flexibility index (Phi) is 3.00. The highest BCUT2D eigenvalue weighted by atomic mass is 16.2. The van der Waals surface area contributed by atoms with Crippen LogP contribution in [-0.2, 0) is 9.59 Å². The summed E-state index contributed by atoms with van der Waals surface area (Å²) in [5.74, 6) is -0.922. The molecule has 2 rings (SSSR count). The number of hydrogen-bond acceptors (Lipinski definition) is 3. The smallest absolute Gasteiger partial charge is 0.277 e. The lowest BCUT2D eigenvalue weighted by Crippen LogP contribution is -2.65. The molecule has 17 heavy (non-hydrogen) atoms. The minimum atomic E-state index is -1.08. The summed E-state index contributed by atoms with van der Waals surface area (Å²) in [7, 11) is 0. The Balaban J connectivity index is 2.36. The molecular formula is C12H16N2O3. The normalized spacial score (nSPS) is 26.9. The summed E-state index contributed by atoms with van der Waals surface area (Å²) in [5.41, 5.74) is -1.08. The molecule has 1 fully saturated rings. The van der Waals surface area contributed by atoms with Gasteiger partial charge in [0.25, 0.3) is 0 Å². The van der Waals surface area contributed by atoms with Crippen LogP contribution in [0.15, 0.2) is 12.2 Å². The van der Waals surface area contributed by atoms with Crippen LogP contribution in [0, 0.1) is 11.3 Å². The third-order valence-electron chi connectivity index (χ3n) is 3.63. The molecule has 0 saturated carbocycles. The zero-order valence-corrected chi connectivity index (χ0v) is 9.79. The molecule has 0 radical (unpaired) electrons. The molecular weight excluding hydrogens is 220 g/mol. The molecule has 1 heterocycles. The number of barbiturate groups is 1. The zero-order valence-electron chi connectivity index (χ0n) is 9.79. The van der Waals surface area contributed by atoms with Crippen molar-refractivity contribution < 1.29 is 14.4 Å². The fraction of sp³-hybridized carbons (Fsp3) is 0.583. The molecule has 2 aliphatic rings. The Hall–Kier alpha value is -1.65. The first-order valence-electron chi connectivity index (χ1n) is 5.93. The van der Waals surface area contributed by atoms with E-state index in [1.807, 2.05) is 19.1 Å². The molecule has 1 aliphatic heterocycles. The predicted octanol–water partition coefficient (Wildman–Crippen LogP) is 1.11. The van der Waals surface area contributed by atoms with E-state index in [0.717, 1.165) is 12.8 Å². The first-order chi connectivity index (χ1) is 8.11. The van der Waals surface area contributed by atoms with E-state index in [1.165, 1.54) is 0 Å². The van der Waals surface area contributed by atoms with Crippen LogP contribution in [0.25, 0.3) is 0 Å². The molecule has 5 nitrogen and oxygen atoms in total. The number of urea groups is 1. The van der Waals surface area contributed by atoms with Gasteiger partial charge in [-0.1, -0.05) is 25.5 Å². The molecule has 0 bridgehead atoms. The lowest BCUT2D eigenvalue weighted by atomic mass is 9.65. The fourth-order valence-corrected chi connectivity index (χ4v) is 2.73. The van der Waals surface area contributed by atoms with Crippen LogP contribution in [-0.4, -0.2) is 17.8 Å². The van der Waals surface area contributed by atoms with Gasteiger partial charge < -0.3 is 0 Å². The zero-order chi connectivity index (χ0) is 12.5. The highest BCUT2D eigenvalue weighted by molar-refractivity contribution is 6.19. The number of hydrogen-bond donors (Lipinski definition) is 2. The highest BCUT2D eigenvalue weighted by Gasteiger charge is 2.54. The monoisotopic (exact) mass is 236 g/mol. The minimum Gasteiger partial charge on any atom is -0.277 e. The molecule has 0 aromatic rings. The van der Waals surface area contributed by atoms with Crippen molar-refractivity contribution in [1.82, 2.24) is 10.6 Å². The van der Waals surface area contributed by atoms with Crippen molar-refractivity contribution in [1.29, 1.82) is 0 Å². The summed E-state index contributed by atoms with van der Waals surface area (Å²) >= 11 is 0. The van der Waals surface area contributed by atoms with Gasteiger partial charge in [-0.15, -0.1) is 0 Å². The largest absolute Gasteiger partial charge is 0.328 e. The van der Waals surface area contributed by atoms with E-state index < -0.39 is 23.3 Å². The van der Waals surface area contributed by atoms with Gasteiger partial charge in [0, 0.05) is 0 Å². The van der Waals surface area contributed by atoms with Gasteiger partial charge in [-0.3, -0.25) is 20.2 Å². The molecule has 0 unspecified atom stereocenters. The maximum Gasteiger partial charge on any atom is 0.328 e. The molecule has 0 aromatic heterocycles. The number of nitrogens with one attached hydrogen (secondary N) is 2. The average molecular weight is 236 g/mol. The SMILES string of the molecule is CCC[C@@H]1CC=CCC12C(=O)NC(=O)NC2=O. The minimum absolute atomic E-state index is 0.0226. The Bertz CT molecular complexity index is 381. The fourth-order valence-electron chi connectivity index (χ4n) is 2.73. The van der Waals surface area contributed by atoms with Crippen LogP contribution >= 0.6 is 0 Å². The number of carbonyl (C=O) groups is 3. The van der Waals surface area contributed by atoms with E-state index in [9.17, 15) is 14.4 Å². The van der Waals surface area contributed by atoms with Crippen molar-refractivity contribution in [2.75, 3.05) is 0 Å². The topological polar surface area (TPSA) is 75.3 Å². The molecule has 92 valence electrons. The van der Waals surface area contributed by atoms with Gasteiger partial charge in [-0.05, 0) is 25.2 Å². The van der Waals surface area contributed by atoms with Gasteiger partial charge >= 0.3 is 6.03 Å². The van der Waals surface area contributed by atoms with Gasteiger partial charge in [0.15, 0.2) is 0 Å². The second kappa shape index (κ2) is 4.31. The molecule has 1 saturated heterocycles. The number of allylic oxidation sites excluding steroid dienone is 2. The standard InChI is InChI=1S/C12H16N2O3/c1-2-5-8-6-3-4-7-12(8)9(15)13-11(17)14-10(12)16/h3-4,8H,2,5-7H2,1H3,(H2,13,14,15,16,17)/t8-/m1/s1. The van der Waals surface area contributed by atoms with Crippen molar-refractivity contribution in [3.8, 4) is 0 Å². The van der Waals surface area contributed by atoms with Gasteiger partial charge in [0.2, 0.25) is 11.8 Å². The van der Waals surface area contributed by atoms with Crippen molar-refractivity contribution in [3.63, 3.8) is 0 Å². The third kappa shape index (κ3) is 1.75. The number of imide groups is 2. The van der Waals surface area contributed by atoms with Crippen molar-refractivity contribution >= 4 is 17.8 Å². The van der Waals surface area contributed by atoms with Gasteiger partial charge in [-0.25, -0.2) is 4.79 Å². The maximum atomic E-state index is 12.1. The summed E-state index contributed by atoms with van der Waals surface area (Å²) in [6.45, 7) is 2.02. The van der Waals surface area contributed by atoms with Crippen molar-refractivity contribution in [2.24, 2.45) is 11.3 Å². The molecule has 4 amide bonds. The second-order valence-electron chi connectivity index (χ2n) is 4.61. The van der Waals surface area contributed by atoms with E-state index in [2.05, 4.69) is 10.6 Å². The summed E-state index contributed by atoms with van der Waals surface area (Å²) in [6.07, 6.45) is 6.66. The van der Waals surface area contributed by atoms with E-state index in [0.29, 0.717) is 12.8 Å². The Morgan fingerprint density at radius 3 is 2.47 bits per heavy atom. The van der Waals surface area contributed by atoms with Crippen LogP contribution in [0.2, 0.25) is 0 Å². The van der Waals surface area contributed by atoms with E-state index in [1.54, 1.807) is 0 Å². The predicted molar refractivity (Wildman–Crippen MR) is 60.9 cm³/mol. The first kappa shape index (κ1) is 11.8. The molecule has 5 heteroatoms. The quantitative estimate of drug-likeness (QED) is 0.557. The van der Waals surface area contributed by atoms with Crippen molar-refractivity contribution in [2.45, 2.75) is 32.6 Å². The summed E-state index contributed by atoms with van der Waals surface area (Å²) < 4.78 is 0. The molecule has 1 atom stereocenters. The molecule has 0 aromatic carbocycles. The average Bonchev–Trinajstić information content (AvgIpc) is 2.28. The third-order valence-corrected chi connectivity index (χ3v) is 3.63. The summed E-state index contributed by atoms with van der Waals surface area (Å²) in [6, 6.07) is -0.713. The Morgan fingerprint density at radius 1 is 1.24 bits per heavy atom. The lowest BCUT2D eigenvalue weighted by molar-refractivity contribution is -0.149. The van der Waals surface area contributed by atoms with Gasteiger partial charge in [0.1, 0.15) is 5.41 Å². The number of amides is 4. The second-order valence-corrected chi connectivity index (χ2v) is 4.61. The summed E-state index contributed by atoms with van der Waals surface area (Å²) in [5, 5.41) is 4.43. The number of carbonyl (C=O) groups excluding carboxylic acids is 3. The molecule has 2 N–H and O–H groups in total. The Labute approximate surface area is 99.6 Å². The Morgan fingerprint density at radius 2 is 1.88 bits per heavy atom. The highest BCUT2D eigenvalue weighted by Crippen LogP contribution is 2.42. The number of rotatable bonds is 2. The van der Waals surface area contributed by atoms with E-state index in [-0.39, 0.29) is 5.92 Å². The first-order valence-corrected chi connectivity index (χ1v) is 5.93.